The van der Waals surface area contributed by atoms with Gasteiger partial charge in [-0.25, -0.2) is 0 Å². The highest BCUT2D eigenvalue weighted by Crippen LogP contribution is 2.48. The van der Waals surface area contributed by atoms with Crippen molar-refractivity contribution >= 4 is 84.2 Å². The molecule has 194 valence electrons. The highest BCUT2D eigenvalue weighted by Gasteiger charge is 2.21. The SMILES string of the molecule is C=C(C)SC(=C)c1cc(CC(=O)OC)c(C(=C)SC(=C)c2sc(-c3ccc(C)s3)cc2CC(=O)OC)s1. The van der Waals surface area contributed by atoms with E-state index in [0.717, 1.165) is 55.1 Å². The van der Waals surface area contributed by atoms with E-state index in [2.05, 4.69) is 45.4 Å². The monoisotopic (exact) mass is 588 g/mol. The van der Waals surface area contributed by atoms with Crippen molar-refractivity contribution in [2.24, 2.45) is 0 Å². The van der Waals surface area contributed by atoms with E-state index in [1.807, 2.05) is 19.1 Å². The number of aryl methyl sites for hydroxylation is 1. The molecule has 9 heteroatoms. The van der Waals surface area contributed by atoms with Gasteiger partial charge in [0.1, 0.15) is 0 Å². The molecule has 0 atom stereocenters. The topological polar surface area (TPSA) is 52.6 Å². The van der Waals surface area contributed by atoms with Gasteiger partial charge in [0.25, 0.3) is 0 Å². The smallest absolute Gasteiger partial charge is 0.310 e. The number of rotatable bonds is 12. The predicted octanol–water partition coefficient (Wildman–Crippen LogP) is 8.89. The molecule has 0 aliphatic carbocycles. The van der Waals surface area contributed by atoms with Crippen molar-refractivity contribution in [3.8, 4) is 9.75 Å². The maximum absolute atomic E-state index is 12.1. The summed E-state index contributed by atoms with van der Waals surface area (Å²) in [4.78, 5) is 33.8. The predicted molar refractivity (Wildman–Crippen MR) is 165 cm³/mol. The van der Waals surface area contributed by atoms with Gasteiger partial charge in [0, 0.05) is 44.0 Å². The molecule has 0 N–H and O–H groups in total. The van der Waals surface area contributed by atoms with Crippen LogP contribution in [0.3, 0.4) is 0 Å². The van der Waals surface area contributed by atoms with Crippen molar-refractivity contribution in [2.75, 3.05) is 14.2 Å². The van der Waals surface area contributed by atoms with Crippen LogP contribution in [-0.2, 0) is 31.9 Å². The highest BCUT2D eigenvalue weighted by molar-refractivity contribution is 8.16. The van der Waals surface area contributed by atoms with Crippen LogP contribution in [0.4, 0.5) is 0 Å². The quantitative estimate of drug-likeness (QED) is 0.197. The summed E-state index contributed by atoms with van der Waals surface area (Å²) in [6.45, 7) is 20.8. The van der Waals surface area contributed by atoms with Gasteiger partial charge < -0.3 is 9.47 Å². The second-order valence-electron chi connectivity index (χ2n) is 8.02. The van der Waals surface area contributed by atoms with Crippen LogP contribution in [0.2, 0.25) is 0 Å². The molecular weight excluding hydrogens is 561 g/mol. The van der Waals surface area contributed by atoms with Crippen molar-refractivity contribution in [3.05, 3.63) is 86.1 Å². The molecule has 0 radical (unpaired) electrons. The molecule has 4 nitrogen and oxygen atoms in total. The van der Waals surface area contributed by atoms with Gasteiger partial charge in [0.2, 0.25) is 0 Å². The lowest BCUT2D eigenvalue weighted by Crippen LogP contribution is -2.05. The lowest BCUT2D eigenvalue weighted by atomic mass is 10.1. The third-order valence-electron chi connectivity index (χ3n) is 5.05. The van der Waals surface area contributed by atoms with Crippen LogP contribution in [-0.4, -0.2) is 26.2 Å². The molecule has 0 amide bonds. The standard InChI is InChI=1S/C28H28O4S5/c1-15(2)33-17(4)23-11-20(13-25(29)31-7)27(36-23)18(5)35-19(6)28-21(14-26(30)32-8)12-24(37-28)22-10-9-16(3)34-22/h9-12H,1,4-6,13-14H2,2-3,7-8H3. The Hall–Kier alpha value is -2.30. The van der Waals surface area contributed by atoms with Crippen molar-refractivity contribution in [1.82, 2.24) is 0 Å². The molecule has 0 fully saturated rings. The van der Waals surface area contributed by atoms with E-state index in [1.165, 1.54) is 54.0 Å². The van der Waals surface area contributed by atoms with E-state index in [1.54, 1.807) is 22.7 Å². The molecule has 0 aliphatic heterocycles. The average molecular weight is 589 g/mol. The van der Waals surface area contributed by atoms with Gasteiger partial charge in [-0.15, -0.1) is 34.0 Å². The van der Waals surface area contributed by atoms with Crippen molar-refractivity contribution in [1.29, 1.82) is 0 Å². The Labute approximate surface area is 238 Å². The summed E-state index contributed by atoms with van der Waals surface area (Å²) in [5.41, 5.74) is 1.70. The highest BCUT2D eigenvalue weighted by atomic mass is 32.2. The van der Waals surface area contributed by atoms with E-state index in [9.17, 15) is 9.59 Å². The molecule has 0 aromatic carbocycles. The van der Waals surface area contributed by atoms with Crippen LogP contribution in [0, 0.1) is 6.92 Å². The number of ether oxygens (including phenoxy) is 2. The second kappa shape index (κ2) is 13.0. The fourth-order valence-corrected chi connectivity index (χ4v) is 8.36. The maximum Gasteiger partial charge on any atom is 0.310 e. The Morgan fingerprint density at radius 1 is 0.784 bits per heavy atom. The summed E-state index contributed by atoms with van der Waals surface area (Å²) in [6, 6.07) is 8.19. The number of allylic oxidation sites excluding steroid dienone is 1. The van der Waals surface area contributed by atoms with E-state index in [-0.39, 0.29) is 24.8 Å². The van der Waals surface area contributed by atoms with Gasteiger partial charge in [-0.3, -0.25) is 9.59 Å². The van der Waals surface area contributed by atoms with Crippen LogP contribution < -0.4 is 0 Å². The number of carbonyl (C=O) groups excluding carboxylic acids is 2. The van der Waals surface area contributed by atoms with Crippen LogP contribution >= 0.6 is 57.5 Å². The fourth-order valence-electron chi connectivity index (χ4n) is 3.38. The Kier molecular flexibility index (Phi) is 10.3. The van der Waals surface area contributed by atoms with E-state index in [0.29, 0.717) is 0 Å². The van der Waals surface area contributed by atoms with Crippen LogP contribution in [0.15, 0.2) is 55.5 Å². The Morgan fingerprint density at radius 2 is 1.35 bits per heavy atom. The number of thiophene rings is 3. The summed E-state index contributed by atoms with van der Waals surface area (Å²) in [5.74, 6) is -0.628. The van der Waals surface area contributed by atoms with E-state index < -0.39 is 0 Å². The summed E-state index contributed by atoms with van der Waals surface area (Å²) >= 11 is 7.78. The van der Waals surface area contributed by atoms with Crippen molar-refractivity contribution < 1.29 is 19.1 Å². The minimum Gasteiger partial charge on any atom is -0.469 e. The molecule has 0 bridgehead atoms. The number of hydrogen-bond donors (Lipinski definition) is 0. The van der Waals surface area contributed by atoms with Crippen LogP contribution in [0.1, 0.15) is 37.6 Å². The Bertz CT molecular complexity index is 1390. The molecule has 3 rings (SSSR count). The maximum atomic E-state index is 12.1. The van der Waals surface area contributed by atoms with Gasteiger partial charge in [-0.2, -0.15) is 0 Å². The Morgan fingerprint density at radius 3 is 1.86 bits per heavy atom. The molecule has 3 aromatic heterocycles. The van der Waals surface area contributed by atoms with Crippen molar-refractivity contribution in [2.45, 2.75) is 26.7 Å². The van der Waals surface area contributed by atoms with Crippen LogP contribution in [0.5, 0.6) is 0 Å². The third-order valence-corrected chi connectivity index (χ3v) is 10.9. The molecule has 0 unspecified atom stereocenters. The number of carbonyl (C=O) groups is 2. The number of methoxy groups -OCH3 is 2. The molecule has 0 saturated heterocycles. The Balaban J connectivity index is 1.93. The summed E-state index contributed by atoms with van der Waals surface area (Å²) in [7, 11) is 2.77. The van der Waals surface area contributed by atoms with Crippen LogP contribution in [0.25, 0.3) is 24.5 Å². The number of hydrogen-bond acceptors (Lipinski definition) is 9. The summed E-state index contributed by atoms with van der Waals surface area (Å²) in [6.07, 6.45) is 0.293. The average Bonchev–Trinajstić information content (AvgIpc) is 3.56. The van der Waals surface area contributed by atoms with Gasteiger partial charge in [0.15, 0.2) is 0 Å². The largest absolute Gasteiger partial charge is 0.469 e. The number of thioether (sulfide) groups is 2. The van der Waals surface area contributed by atoms with Gasteiger partial charge in [0.05, 0.1) is 27.1 Å². The molecule has 0 aliphatic rings. The molecule has 37 heavy (non-hydrogen) atoms. The molecule has 3 heterocycles. The molecular formula is C28H28O4S5. The number of esters is 2. The zero-order chi connectivity index (χ0) is 27.3. The van der Waals surface area contributed by atoms with E-state index in [4.69, 9.17) is 9.47 Å². The zero-order valence-corrected chi connectivity index (χ0v) is 25.3. The minimum atomic E-state index is -0.324. The first kappa shape index (κ1) is 29.3. The zero-order valence-electron chi connectivity index (χ0n) is 21.2. The van der Waals surface area contributed by atoms with E-state index >= 15 is 0 Å². The summed E-state index contributed by atoms with van der Waals surface area (Å²) in [5, 5.41) is 0. The lowest BCUT2D eigenvalue weighted by molar-refractivity contribution is -0.140. The molecule has 3 aromatic rings. The first-order valence-electron chi connectivity index (χ1n) is 11.1. The normalized spacial score (nSPS) is 10.7. The fraction of sp³-hybridized carbons (Fsp3) is 0.214. The van der Waals surface area contributed by atoms with Gasteiger partial charge >= 0.3 is 11.9 Å². The first-order valence-corrected chi connectivity index (χ1v) is 15.2. The third kappa shape index (κ3) is 7.61. The van der Waals surface area contributed by atoms with Gasteiger partial charge in [-0.05, 0) is 54.1 Å². The second-order valence-corrected chi connectivity index (χ2v) is 14.0. The van der Waals surface area contributed by atoms with Crippen molar-refractivity contribution in [3.63, 3.8) is 0 Å². The first-order chi connectivity index (χ1) is 17.5. The summed E-state index contributed by atoms with van der Waals surface area (Å²) < 4.78 is 9.84. The lowest BCUT2D eigenvalue weighted by Gasteiger charge is -2.10. The van der Waals surface area contributed by atoms with Gasteiger partial charge in [-0.1, -0.05) is 49.8 Å². The molecule has 0 saturated carbocycles. The minimum absolute atomic E-state index is 0.133. The molecule has 0 spiro atoms.